The van der Waals surface area contributed by atoms with Crippen molar-refractivity contribution in [1.29, 1.82) is 0 Å². The molecule has 0 aliphatic carbocycles. The maximum atomic E-state index is 13.6. The molecule has 0 N–H and O–H groups in total. The number of halogens is 1. The second-order valence-electron chi connectivity index (χ2n) is 10.7. The highest BCUT2D eigenvalue weighted by Gasteiger charge is 2.53. The van der Waals surface area contributed by atoms with Crippen LogP contribution in [0.2, 0.25) is 0 Å². The number of benzene rings is 4. The lowest BCUT2D eigenvalue weighted by molar-refractivity contribution is -0.298. The topological polar surface area (TPSA) is 124 Å². The summed E-state index contributed by atoms with van der Waals surface area (Å²) in [4.78, 5) is 53.6. The van der Waals surface area contributed by atoms with Gasteiger partial charge in [0.05, 0.1) is 28.9 Å². The van der Waals surface area contributed by atoms with Gasteiger partial charge in [-0.15, -0.1) is 0 Å². The zero-order valence-corrected chi connectivity index (χ0v) is 28.3. The van der Waals surface area contributed by atoms with E-state index in [1.54, 1.807) is 121 Å². The third-order valence-electron chi connectivity index (χ3n) is 7.39. The fourth-order valence-electron chi connectivity index (χ4n) is 4.98. The molecule has 4 aromatic carbocycles. The van der Waals surface area contributed by atoms with Crippen LogP contribution in [0.25, 0.3) is 0 Å². The van der Waals surface area contributed by atoms with Crippen LogP contribution in [-0.2, 0) is 28.4 Å². The zero-order chi connectivity index (χ0) is 34.4. The van der Waals surface area contributed by atoms with Gasteiger partial charge in [0.1, 0.15) is 12.7 Å². The summed E-state index contributed by atoms with van der Waals surface area (Å²) in [7, 11) is 0. The lowest BCUT2D eigenvalue weighted by atomic mass is 9.97. The van der Waals surface area contributed by atoms with E-state index in [9.17, 15) is 19.2 Å². The van der Waals surface area contributed by atoms with Crippen LogP contribution >= 0.6 is 22.6 Å². The first kappa shape index (κ1) is 35.5. The first-order valence-corrected chi connectivity index (χ1v) is 16.7. The normalized spacial score (nSPS) is 20.2. The molecule has 5 atom stereocenters. The SMILES string of the molecule is O=C(OCC1O[C@H](OCCC=CI)C(OC(=O)c2ccccc2)[C@H](OC(=O)c2ccccc2)[C@@H]1OC(=O)c1ccccc1)c1ccccc1. The van der Waals surface area contributed by atoms with E-state index >= 15 is 0 Å². The van der Waals surface area contributed by atoms with Crippen LogP contribution in [0.1, 0.15) is 47.9 Å². The van der Waals surface area contributed by atoms with Crippen LogP contribution in [0, 0.1) is 0 Å². The van der Waals surface area contributed by atoms with Gasteiger partial charge in [0.25, 0.3) is 0 Å². The van der Waals surface area contributed by atoms with Crippen molar-refractivity contribution in [2.45, 2.75) is 37.1 Å². The predicted octanol–water partition coefficient (Wildman–Crippen LogP) is 6.60. The van der Waals surface area contributed by atoms with Crippen molar-refractivity contribution in [3.63, 3.8) is 0 Å². The molecular formula is C38H33IO10. The molecule has 0 spiro atoms. The summed E-state index contributed by atoms with van der Waals surface area (Å²) in [6.45, 7) is -0.291. The quantitative estimate of drug-likeness (QED) is 0.0635. The Bertz CT molecular complexity index is 1700. The molecule has 0 radical (unpaired) electrons. The maximum Gasteiger partial charge on any atom is 0.338 e. The third-order valence-corrected chi connectivity index (χ3v) is 7.90. The number of carbonyl (C=O) groups excluding carboxylic acids is 4. The van der Waals surface area contributed by atoms with Crippen LogP contribution in [0.15, 0.2) is 131 Å². The van der Waals surface area contributed by atoms with Gasteiger partial charge in [-0.2, -0.15) is 0 Å². The highest BCUT2D eigenvalue weighted by molar-refractivity contribution is 14.1. The molecule has 0 amide bonds. The molecule has 1 fully saturated rings. The van der Waals surface area contributed by atoms with Gasteiger partial charge in [0.15, 0.2) is 24.6 Å². The lowest BCUT2D eigenvalue weighted by Gasteiger charge is -2.44. The van der Waals surface area contributed by atoms with Crippen molar-refractivity contribution >= 4 is 46.5 Å². The standard InChI is InChI=1S/C38H33IO10/c39-23-13-14-24-44-38-33(49-37(43)29-21-11-4-12-22-29)32(48-36(42)28-19-9-3-10-20-28)31(47-35(41)27-17-7-2-8-18-27)30(46-38)25-45-34(40)26-15-5-1-6-16-26/h1-13,15-23,30-33,38H,14,24-25H2/t30?,31-,32-,33?,38+/m1/s1. The van der Waals surface area contributed by atoms with Crippen LogP contribution in [0.5, 0.6) is 0 Å². The molecule has 252 valence electrons. The Balaban J connectivity index is 1.53. The highest BCUT2D eigenvalue weighted by atomic mass is 127. The van der Waals surface area contributed by atoms with E-state index in [1.165, 1.54) is 0 Å². The second kappa shape index (κ2) is 18.1. The maximum absolute atomic E-state index is 13.6. The molecule has 49 heavy (non-hydrogen) atoms. The lowest BCUT2D eigenvalue weighted by Crippen LogP contribution is -2.63. The first-order chi connectivity index (χ1) is 23.9. The summed E-state index contributed by atoms with van der Waals surface area (Å²) in [5, 5.41) is 0. The minimum atomic E-state index is -1.47. The summed E-state index contributed by atoms with van der Waals surface area (Å²) in [6.07, 6.45) is -4.50. The Kier molecular flexibility index (Phi) is 13.1. The van der Waals surface area contributed by atoms with Crippen molar-refractivity contribution in [2.75, 3.05) is 13.2 Å². The number of hydrogen-bond donors (Lipinski definition) is 0. The average molecular weight is 777 g/mol. The Labute approximate surface area is 297 Å². The number of ether oxygens (including phenoxy) is 6. The van der Waals surface area contributed by atoms with Crippen LogP contribution in [-0.4, -0.2) is 67.8 Å². The number of esters is 4. The number of hydrogen-bond acceptors (Lipinski definition) is 10. The van der Waals surface area contributed by atoms with Crippen molar-refractivity contribution in [3.8, 4) is 0 Å². The Morgan fingerprint density at radius 1 is 0.571 bits per heavy atom. The van der Waals surface area contributed by atoms with E-state index in [1.807, 2.05) is 10.2 Å². The molecule has 0 bridgehead atoms. The minimum Gasteiger partial charge on any atom is -0.459 e. The van der Waals surface area contributed by atoms with E-state index in [2.05, 4.69) is 22.6 Å². The average Bonchev–Trinajstić information content (AvgIpc) is 3.15. The van der Waals surface area contributed by atoms with Crippen molar-refractivity contribution in [1.82, 2.24) is 0 Å². The van der Waals surface area contributed by atoms with Crippen molar-refractivity contribution in [2.24, 2.45) is 0 Å². The fourth-order valence-corrected chi connectivity index (χ4v) is 5.34. The van der Waals surface area contributed by atoms with E-state index in [0.29, 0.717) is 6.42 Å². The van der Waals surface area contributed by atoms with Gasteiger partial charge in [0.2, 0.25) is 0 Å². The molecule has 0 saturated carbocycles. The van der Waals surface area contributed by atoms with Gasteiger partial charge in [0, 0.05) is 0 Å². The van der Waals surface area contributed by atoms with Crippen LogP contribution < -0.4 is 0 Å². The fraction of sp³-hybridized carbons (Fsp3) is 0.211. The van der Waals surface area contributed by atoms with E-state index in [0.717, 1.165) is 0 Å². The molecule has 2 unspecified atom stereocenters. The summed E-state index contributed by atoms with van der Waals surface area (Å²) in [5.74, 6) is -2.95. The Hall–Kier alpha value is -4.85. The van der Waals surface area contributed by atoms with Gasteiger partial charge in [-0.1, -0.05) is 101 Å². The summed E-state index contributed by atoms with van der Waals surface area (Å²) < 4.78 is 37.9. The largest absolute Gasteiger partial charge is 0.459 e. The number of carbonyl (C=O) groups is 4. The molecule has 4 aromatic rings. The molecule has 1 aliphatic heterocycles. The Morgan fingerprint density at radius 3 is 1.43 bits per heavy atom. The van der Waals surface area contributed by atoms with Gasteiger partial charge >= 0.3 is 23.9 Å². The molecule has 1 aliphatic rings. The van der Waals surface area contributed by atoms with Gasteiger partial charge < -0.3 is 28.4 Å². The smallest absolute Gasteiger partial charge is 0.338 e. The van der Waals surface area contributed by atoms with E-state index in [4.69, 9.17) is 28.4 Å². The monoisotopic (exact) mass is 776 g/mol. The van der Waals surface area contributed by atoms with Gasteiger partial charge in [-0.3, -0.25) is 0 Å². The van der Waals surface area contributed by atoms with Gasteiger partial charge in [-0.25, -0.2) is 19.2 Å². The molecule has 11 heteroatoms. The van der Waals surface area contributed by atoms with E-state index in [-0.39, 0.29) is 28.9 Å². The van der Waals surface area contributed by atoms with Gasteiger partial charge in [-0.05, 0) is 59.0 Å². The first-order valence-electron chi connectivity index (χ1n) is 15.5. The second-order valence-corrected chi connectivity index (χ2v) is 11.5. The molecule has 1 saturated heterocycles. The van der Waals surface area contributed by atoms with Crippen LogP contribution in [0.3, 0.4) is 0 Å². The van der Waals surface area contributed by atoms with Crippen molar-refractivity contribution < 1.29 is 47.6 Å². The zero-order valence-electron chi connectivity index (χ0n) is 26.2. The summed E-state index contributed by atoms with van der Waals surface area (Å²) in [5.41, 5.74) is 0.916. The Morgan fingerprint density at radius 2 is 0.980 bits per heavy atom. The molecule has 5 rings (SSSR count). The highest BCUT2D eigenvalue weighted by Crippen LogP contribution is 2.32. The summed E-state index contributed by atoms with van der Waals surface area (Å²) >= 11 is 2.08. The molecule has 0 aromatic heterocycles. The molecule has 10 nitrogen and oxygen atoms in total. The van der Waals surface area contributed by atoms with Crippen molar-refractivity contribution in [3.05, 3.63) is 154 Å². The molecule has 1 heterocycles. The minimum absolute atomic E-state index is 0.133. The summed E-state index contributed by atoms with van der Waals surface area (Å²) in [6, 6.07) is 32.9. The third kappa shape index (κ3) is 9.84. The van der Waals surface area contributed by atoms with Crippen LogP contribution in [0.4, 0.5) is 0 Å². The van der Waals surface area contributed by atoms with E-state index < -0.39 is 61.2 Å². The number of rotatable bonds is 13. The predicted molar refractivity (Wildman–Crippen MR) is 186 cm³/mol. The molecular weight excluding hydrogens is 743 g/mol.